The molecule has 1 atom stereocenters. The van der Waals surface area contributed by atoms with Gasteiger partial charge in [-0.1, -0.05) is 91.0 Å². The van der Waals surface area contributed by atoms with E-state index in [4.69, 9.17) is 49.5 Å². The van der Waals surface area contributed by atoms with E-state index in [1.54, 1.807) is 7.05 Å². The van der Waals surface area contributed by atoms with Crippen LogP contribution < -0.4 is 21.0 Å². The van der Waals surface area contributed by atoms with Crippen molar-refractivity contribution < 1.29 is 0 Å². The maximum atomic E-state index is 6.47. The number of halogens is 4. The highest BCUT2D eigenvalue weighted by molar-refractivity contribution is 8.21. The summed E-state index contributed by atoms with van der Waals surface area (Å²) in [6.45, 7) is 0. The van der Waals surface area contributed by atoms with E-state index in [0.717, 1.165) is 15.9 Å². The number of hydrogen-bond acceptors (Lipinski definition) is 5. The van der Waals surface area contributed by atoms with Crippen LogP contribution in [0.1, 0.15) is 0 Å². The molecule has 3 aromatic rings. The van der Waals surface area contributed by atoms with Gasteiger partial charge >= 0.3 is 0 Å². The van der Waals surface area contributed by atoms with Crippen LogP contribution in [-0.2, 0) is 0 Å². The second-order valence-corrected chi connectivity index (χ2v) is 22.5. The van der Waals surface area contributed by atoms with Crippen molar-refractivity contribution in [3.8, 4) is 0 Å². The highest BCUT2D eigenvalue weighted by Gasteiger charge is 2.37. The van der Waals surface area contributed by atoms with Crippen molar-refractivity contribution in [2.75, 3.05) is 7.05 Å². The van der Waals surface area contributed by atoms with Gasteiger partial charge < -0.3 is 0 Å². The molecule has 168 valence electrons. The van der Waals surface area contributed by atoms with Crippen LogP contribution in [0.25, 0.3) is 0 Å². The van der Waals surface area contributed by atoms with Crippen LogP contribution in [0.4, 0.5) is 0 Å². The molecule has 0 bridgehead atoms. The third kappa shape index (κ3) is 5.18. The molecule has 0 amide bonds. The fourth-order valence-electron chi connectivity index (χ4n) is 3.37. The lowest BCUT2D eigenvalue weighted by Gasteiger charge is -2.31. The summed E-state index contributed by atoms with van der Waals surface area (Å²) in [7, 11) is -3.98. The summed E-state index contributed by atoms with van der Waals surface area (Å²) in [5, 5.41) is 6.32. The maximum Gasteiger partial charge on any atom is 0.261 e. The summed E-state index contributed by atoms with van der Waals surface area (Å²) in [6.07, 6.45) is 0. The number of nitrogens with zero attached hydrogens (tertiary/aromatic N) is 4. The van der Waals surface area contributed by atoms with Crippen molar-refractivity contribution in [2.45, 2.75) is 0 Å². The van der Waals surface area contributed by atoms with Gasteiger partial charge in [-0.25, -0.2) is 4.52 Å². The molecule has 0 saturated carbocycles. The Morgan fingerprint density at radius 2 is 1.00 bits per heavy atom. The van der Waals surface area contributed by atoms with E-state index < -0.39 is 26.4 Å². The third-order valence-corrected chi connectivity index (χ3v) is 20.7. The highest BCUT2D eigenvalue weighted by Crippen LogP contribution is 2.85. The molecule has 1 N–H and O–H groups in total. The minimum atomic E-state index is -3.16. The first-order chi connectivity index (χ1) is 15.2. The number of benzene rings is 3. The molecule has 5 nitrogen and oxygen atoms in total. The standard InChI is InChI=1S/C19H19Cl4N5P4/c1-24-32(27-30(20,21)26-31(22,23)28-32)25-29(17-11-5-2-6-12-17,18-13-7-3-8-14-18)19-15-9-4-10-16-19/h2-16,24H,1H3. The molecule has 0 fully saturated rings. The molecule has 1 aliphatic heterocycles. The minimum Gasteiger partial charge on any atom is -0.251 e. The lowest BCUT2D eigenvalue weighted by Crippen LogP contribution is -2.25. The third-order valence-electron chi connectivity index (χ3n) is 4.63. The summed E-state index contributed by atoms with van der Waals surface area (Å²) >= 11 is 25.9. The Balaban J connectivity index is 2.24. The first-order valence-corrected chi connectivity index (χ1v) is 19.8. The zero-order chi connectivity index (χ0) is 22.9. The summed E-state index contributed by atoms with van der Waals surface area (Å²) in [6, 6.07) is 30.4. The lowest BCUT2D eigenvalue weighted by atomic mass is 10.4. The molecule has 0 aliphatic carbocycles. The second kappa shape index (κ2) is 9.75. The maximum absolute atomic E-state index is 6.47. The van der Waals surface area contributed by atoms with Gasteiger partial charge in [-0.05, 0) is 52.0 Å². The predicted octanol–water partition coefficient (Wildman–Crippen LogP) is 9.19. The van der Waals surface area contributed by atoms with Gasteiger partial charge in [-0.2, -0.15) is 13.5 Å². The Morgan fingerprint density at radius 1 is 0.625 bits per heavy atom. The largest absolute Gasteiger partial charge is 0.261 e. The molecule has 0 aromatic heterocycles. The van der Waals surface area contributed by atoms with Crippen LogP contribution in [-0.4, -0.2) is 7.05 Å². The predicted molar refractivity (Wildman–Crippen MR) is 148 cm³/mol. The van der Waals surface area contributed by atoms with Crippen LogP contribution in [0.3, 0.4) is 0 Å². The molecular formula is C19H19Cl4N5P4. The fourth-order valence-corrected chi connectivity index (χ4v) is 23.8. The van der Waals surface area contributed by atoms with Gasteiger partial charge in [0.2, 0.25) is 0 Å². The Bertz CT molecular complexity index is 1220. The van der Waals surface area contributed by atoms with Crippen LogP contribution in [0.2, 0.25) is 0 Å². The van der Waals surface area contributed by atoms with Gasteiger partial charge in [0.1, 0.15) is 0 Å². The number of nitrogens with one attached hydrogen (secondary N) is 1. The number of hydrogen-bond donors (Lipinski definition) is 1. The molecule has 3 aromatic carbocycles. The summed E-state index contributed by atoms with van der Waals surface area (Å²) in [4.78, 5) is 0. The van der Waals surface area contributed by atoms with Crippen molar-refractivity contribution in [1.82, 2.24) is 5.09 Å². The molecular weight excluding hydrogens is 564 g/mol. The average Bonchev–Trinajstić information content (AvgIpc) is 2.77. The molecule has 1 heterocycles. The van der Waals surface area contributed by atoms with E-state index in [9.17, 15) is 0 Å². The quantitative estimate of drug-likeness (QED) is 0.299. The molecule has 1 unspecified atom stereocenters. The van der Waals surface area contributed by atoms with Crippen molar-refractivity contribution in [3.05, 3.63) is 91.0 Å². The topological polar surface area (TPSA) is 61.5 Å². The summed E-state index contributed by atoms with van der Waals surface area (Å²) in [5.41, 5.74) is 0. The first-order valence-electron chi connectivity index (χ1n) is 9.40. The van der Waals surface area contributed by atoms with E-state index in [1.165, 1.54) is 0 Å². The van der Waals surface area contributed by atoms with Crippen molar-refractivity contribution in [2.24, 2.45) is 18.1 Å². The average molecular weight is 583 g/mol. The van der Waals surface area contributed by atoms with Crippen LogP contribution in [0.15, 0.2) is 109 Å². The normalized spacial score (nSPS) is 21.5. The molecule has 4 rings (SSSR count). The number of rotatable bonds is 5. The van der Waals surface area contributed by atoms with Crippen molar-refractivity contribution in [1.29, 1.82) is 0 Å². The van der Waals surface area contributed by atoms with Crippen LogP contribution >= 0.6 is 71.3 Å². The van der Waals surface area contributed by atoms with E-state index in [1.807, 2.05) is 54.6 Å². The SMILES string of the molecule is CNP1(N=P(c2ccccc2)(c2ccccc2)c2ccccc2)=NP(Cl)(Cl)=NP(Cl)(Cl)=N1. The smallest absolute Gasteiger partial charge is 0.251 e. The summed E-state index contributed by atoms with van der Waals surface area (Å²) in [5.74, 6) is -6.32. The van der Waals surface area contributed by atoms with E-state index in [-0.39, 0.29) is 0 Å². The molecule has 0 spiro atoms. The fraction of sp³-hybridized carbons (Fsp3) is 0.0526. The van der Waals surface area contributed by atoms with Crippen molar-refractivity contribution >= 4 is 87.3 Å². The molecule has 1 aliphatic rings. The first kappa shape index (κ1) is 24.8. The molecule has 13 heteroatoms. The van der Waals surface area contributed by atoms with E-state index in [2.05, 4.69) is 55.0 Å². The Morgan fingerprint density at radius 3 is 1.34 bits per heavy atom. The van der Waals surface area contributed by atoms with Gasteiger partial charge in [0.15, 0.2) is 0 Å². The van der Waals surface area contributed by atoms with Gasteiger partial charge in [0.25, 0.3) is 19.3 Å². The zero-order valence-electron chi connectivity index (χ0n) is 16.7. The van der Waals surface area contributed by atoms with Crippen molar-refractivity contribution in [3.63, 3.8) is 0 Å². The van der Waals surface area contributed by atoms with E-state index in [0.29, 0.717) is 0 Å². The molecule has 32 heavy (non-hydrogen) atoms. The summed E-state index contributed by atoms with van der Waals surface area (Å²) < 4.78 is 18.9. The Kier molecular flexibility index (Phi) is 7.56. The van der Waals surface area contributed by atoms with Gasteiger partial charge in [0, 0.05) is 15.9 Å². The minimum absolute atomic E-state index is 1.04. The Hall–Kier alpha value is -0.300. The second-order valence-electron chi connectivity index (χ2n) is 6.70. The van der Waals surface area contributed by atoms with Gasteiger partial charge in [0.05, 0.1) is 7.05 Å². The monoisotopic (exact) mass is 581 g/mol. The zero-order valence-corrected chi connectivity index (χ0v) is 23.4. The van der Waals surface area contributed by atoms with Crippen LogP contribution in [0, 0.1) is 0 Å². The molecule has 0 radical (unpaired) electrons. The molecule has 0 saturated heterocycles. The lowest BCUT2D eigenvalue weighted by molar-refractivity contribution is 1.22. The van der Waals surface area contributed by atoms with Crippen LogP contribution in [0.5, 0.6) is 0 Å². The van der Waals surface area contributed by atoms with Gasteiger partial charge in [-0.15, -0.1) is 0 Å². The highest BCUT2D eigenvalue weighted by atomic mass is 35.9. The Labute approximate surface area is 207 Å². The van der Waals surface area contributed by atoms with E-state index >= 15 is 0 Å². The van der Waals surface area contributed by atoms with Gasteiger partial charge in [-0.3, -0.25) is 5.09 Å².